The van der Waals surface area contributed by atoms with Crippen LogP contribution in [-0.2, 0) is 32.6 Å². The minimum Gasteiger partial charge on any atom is -0.350 e. The van der Waals surface area contributed by atoms with Crippen LogP contribution in [0.4, 0.5) is 5.69 Å². The fourth-order valence-electron chi connectivity index (χ4n) is 4.25. The second-order valence-electron chi connectivity index (χ2n) is 10.7. The van der Waals surface area contributed by atoms with Gasteiger partial charge in [0.2, 0.25) is 21.8 Å². The third-order valence-corrected chi connectivity index (χ3v) is 8.01. The van der Waals surface area contributed by atoms with Gasteiger partial charge in [-0.2, -0.15) is 0 Å². The Morgan fingerprint density at radius 1 is 0.900 bits per heavy atom. The third kappa shape index (κ3) is 8.71. The second kappa shape index (κ2) is 13.1. The minimum absolute atomic E-state index is 0.0667. The lowest BCUT2D eigenvalue weighted by Crippen LogP contribution is -2.56. The summed E-state index contributed by atoms with van der Waals surface area (Å²) in [6.07, 6.45) is 1.27. The lowest BCUT2D eigenvalue weighted by molar-refractivity contribution is -0.140. The van der Waals surface area contributed by atoms with E-state index in [9.17, 15) is 18.0 Å². The van der Waals surface area contributed by atoms with Crippen molar-refractivity contribution in [1.82, 2.24) is 10.2 Å². The Hall–Kier alpha value is -3.07. The van der Waals surface area contributed by atoms with E-state index < -0.39 is 34.1 Å². The molecule has 0 aliphatic carbocycles. The molecule has 0 unspecified atom stereocenters. The molecule has 40 heavy (non-hydrogen) atoms. The van der Waals surface area contributed by atoms with Crippen LogP contribution in [0.2, 0.25) is 10.0 Å². The Labute approximate surface area is 247 Å². The zero-order chi connectivity index (χ0) is 29.7. The molecule has 1 N–H and O–H groups in total. The average Bonchev–Trinajstić information content (AvgIpc) is 2.86. The monoisotopic (exact) mass is 603 g/mol. The number of carbonyl (C=O) groups excluding carboxylic acids is 2. The molecular weight excluding hydrogens is 569 g/mol. The summed E-state index contributed by atoms with van der Waals surface area (Å²) >= 11 is 12.4. The van der Waals surface area contributed by atoms with Crippen LogP contribution in [0.1, 0.15) is 37.5 Å². The molecule has 3 aromatic carbocycles. The predicted molar refractivity (Wildman–Crippen MR) is 162 cm³/mol. The first-order valence-corrected chi connectivity index (χ1v) is 15.4. The molecule has 3 rings (SSSR count). The maximum atomic E-state index is 14.1. The van der Waals surface area contributed by atoms with E-state index >= 15 is 0 Å². The number of benzene rings is 3. The van der Waals surface area contributed by atoms with Gasteiger partial charge in [0.05, 0.1) is 11.9 Å². The molecular formula is C30H35Cl2N3O4S. The summed E-state index contributed by atoms with van der Waals surface area (Å²) in [5.74, 6) is -0.881. The molecule has 0 aromatic heterocycles. The SMILES string of the molecule is Cc1c(Cl)cccc1N(CC(=O)N(Cc1ccc(Cl)cc1)[C@@H](Cc1ccccc1)C(=O)NC(C)(C)C)S(C)(=O)=O. The molecule has 0 saturated heterocycles. The van der Waals surface area contributed by atoms with Crippen molar-refractivity contribution in [3.05, 3.63) is 99.5 Å². The molecule has 0 heterocycles. The number of hydrogen-bond donors (Lipinski definition) is 1. The lowest BCUT2D eigenvalue weighted by Gasteiger charge is -2.35. The summed E-state index contributed by atoms with van der Waals surface area (Å²) in [4.78, 5) is 29.3. The van der Waals surface area contributed by atoms with E-state index in [0.717, 1.165) is 21.7 Å². The van der Waals surface area contributed by atoms with Gasteiger partial charge in [0.15, 0.2) is 0 Å². The highest BCUT2D eigenvalue weighted by molar-refractivity contribution is 7.92. The molecule has 10 heteroatoms. The van der Waals surface area contributed by atoms with Crippen molar-refractivity contribution in [3.8, 4) is 0 Å². The van der Waals surface area contributed by atoms with Gasteiger partial charge >= 0.3 is 0 Å². The van der Waals surface area contributed by atoms with E-state index in [1.807, 2.05) is 51.1 Å². The standard InChI is InChI=1S/C30H35Cl2N3O4S/c1-21-25(32)12-9-13-26(21)35(40(5,38)39)20-28(36)34(19-23-14-16-24(31)17-15-23)27(29(37)33-30(2,3)4)18-22-10-7-6-8-11-22/h6-17,27H,18-20H2,1-5H3,(H,33,37)/t27-/m0/s1. The van der Waals surface area contributed by atoms with E-state index in [1.54, 1.807) is 49.4 Å². The second-order valence-corrected chi connectivity index (χ2v) is 13.5. The number of sulfonamides is 1. The number of nitrogens with one attached hydrogen (secondary N) is 1. The van der Waals surface area contributed by atoms with Crippen LogP contribution in [0.15, 0.2) is 72.8 Å². The Balaban J connectivity index is 2.09. The topological polar surface area (TPSA) is 86.8 Å². The maximum Gasteiger partial charge on any atom is 0.244 e. The van der Waals surface area contributed by atoms with E-state index in [-0.39, 0.29) is 18.9 Å². The molecule has 0 radical (unpaired) electrons. The van der Waals surface area contributed by atoms with Crippen LogP contribution in [0, 0.1) is 6.92 Å². The number of rotatable bonds is 10. The number of hydrogen-bond acceptors (Lipinski definition) is 4. The highest BCUT2D eigenvalue weighted by Gasteiger charge is 2.34. The summed E-state index contributed by atoms with van der Waals surface area (Å²) in [6.45, 7) is 6.84. The molecule has 0 spiro atoms. The van der Waals surface area contributed by atoms with Gasteiger partial charge in [0.1, 0.15) is 12.6 Å². The smallest absolute Gasteiger partial charge is 0.244 e. The number of carbonyl (C=O) groups is 2. The normalized spacial score (nSPS) is 12.5. The van der Waals surface area contributed by atoms with Gasteiger partial charge in [-0.15, -0.1) is 0 Å². The lowest BCUT2D eigenvalue weighted by atomic mass is 10.0. The number of halogens is 2. The number of anilines is 1. The van der Waals surface area contributed by atoms with E-state index in [1.165, 1.54) is 4.90 Å². The molecule has 0 aliphatic heterocycles. The summed E-state index contributed by atoms with van der Waals surface area (Å²) in [7, 11) is -3.89. The Morgan fingerprint density at radius 2 is 1.52 bits per heavy atom. The predicted octanol–water partition coefficient (Wildman–Crippen LogP) is 5.62. The molecule has 3 aromatic rings. The first kappa shape index (κ1) is 31.5. The summed E-state index contributed by atoms with van der Waals surface area (Å²) in [5, 5.41) is 3.91. The van der Waals surface area contributed by atoms with Crippen LogP contribution < -0.4 is 9.62 Å². The van der Waals surface area contributed by atoms with Gasteiger partial charge in [-0.25, -0.2) is 8.42 Å². The van der Waals surface area contributed by atoms with Crippen molar-refractivity contribution in [2.24, 2.45) is 0 Å². The van der Waals surface area contributed by atoms with Crippen LogP contribution in [0.25, 0.3) is 0 Å². The van der Waals surface area contributed by atoms with Crippen molar-refractivity contribution in [2.45, 2.75) is 52.2 Å². The molecule has 0 aliphatic rings. The van der Waals surface area contributed by atoms with Gasteiger partial charge in [-0.05, 0) is 68.7 Å². The highest BCUT2D eigenvalue weighted by atomic mass is 35.5. The molecule has 0 saturated carbocycles. The maximum absolute atomic E-state index is 14.1. The first-order chi connectivity index (χ1) is 18.7. The highest BCUT2D eigenvalue weighted by Crippen LogP contribution is 2.29. The average molecular weight is 605 g/mol. The Kier molecular flexibility index (Phi) is 10.3. The van der Waals surface area contributed by atoms with Gasteiger partial charge in [0.25, 0.3) is 0 Å². The van der Waals surface area contributed by atoms with Crippen LogP contribution in [0.3, 0.4) is 0 Å². The molecule has 2 amide bonds. The zero-order valence-electron chi connectivity index (χ0n) is 23.3. The summed E-state index contributed by atoms with van der Waals surface area (Å²) in [6, 6.07) is 20.3. The quantitative estimate of drug-likeness (QED) is 0.326. The fourth-order valence-corrected chi connectivity index (χ4v) is 5.45. The Morgan fingerprint density at radius 3 is 2.10 bits per heavy atom. The molecule has 214 valence electrons. The van der Waals surface area contributed by atoms with Crippen molar-refractivity contribution in [2.75, 3.05) is 17.1 Å². The van der Waals surface area contributed by atoms with Crippen molar-refractivity contribution in [1.29, 1.82) is 0 Å². The third-order valence-electron chi connectivity index (χ3n) is 6.22. The van der Waals surface area contributed by atoms with Crippen molar-refractivity contribution in [3.63, 3.8) is 0 Å². The van der Waals surface area contributed by atoms with Gasteiger partial charge in [-0.3, -0.25) is 13.9 Å². The van der Waals surface area contributed by atoms with Crippen molar-refractivity contribution >= 4 is 50.7 Å². The van der Waals surface area contributed by atoms with Crippen LogP contribution >= 0.6 is 23.2 Å². The molecule has 0 bridgehead atoms. The largest absolute Gasteiger partial charge is 0.350 e. The molecule has 1 atom stereocenters. The number of nitrogens with zero attached hydrogens (tertiary/aromatic N) is 2. The van der Waals surface area contributed by atoms with Gasteiger partial charge in [-0.1, -0.05) is 71.7 Å². The summed E-state index contributed by atoms with van der Waals surface area (Å²) in [5.41, 5.74) is 1.87. The van der Waals surface area contributed by atoms with E-state index in [0.29, 0.717) is 21.3 Å². The minimum atomic E-state index is -3.89. The Bertz CT molecular complexity index is 1440. The molecule has 0 fully saturated rings. The van der Waals surface area contributed by atoms with Crippen LogP contribution in [0.5, 0.6) is 0 Å². The number of amides is 2. The van der Waals surface area contributed by atoms with Crippen molar-refractivity contribution < 1.29 is 18.0 Å². The van der Waals surface area contributed by atoms with E-state index in [4.69, 9.17) is 23.2 Å². The van der Waals surface area contributed by atoms with Crippen LogP contribution in [-0.4, -0.2) is 49.5 Å². The molecule has 7 nitrogen and oxygen atoms in total. The zero-order valence-corrected chi connectivity index (χ0v) is 25.6. The van der Waals surface area contributed by atoms with E-state index in [2.05, 4.69) is 5.32 Å². The van der Waals surface area contributed by atoms with Gasteiger partial charge in [0, 0.05) is 28.5 Å². The van der Waals surface area contributed by atoms with Gasteiger partial charge < -0.3 is 10.2 Å². The first-order valence-electron chi connectivity index (χ1n) is 12.8. The fraction of sp³-hybridized carbons (Fsp3) is 0.333. The summed E-state index contributed by atoms with van der Waals surface area (Å²) < 4.78 is 26.9.